The van der Waals surface area contributed by atoms with E-state index in [0.29, 0.717) is 24.5 Å². The molecule has 0 radical (unpaired) electrons. The number of ether oxygens (including phenoxy) is 2. The lowest BCUT2D eigenvalue weighted by Crippen LogP contribution is -2.49. The lowest BCUT2D eigenvalue weighted by atomic mass is 9.97. The Morgan fingerprint density at radius 3 is 2.31 bits per heavy atom. The van der Waals surface area contributed by atoms with Crippen molar-refractivity contribution in [2.45, 2.75) is 52.1 Å². The van der Waals surface area contributed by atoms with Crippen LogP contribution in [0, 0.1) is 6.92 Å². The number of likely N-dealkylation sites (tertiary alicyclic amines) is 1. The second-order valence-corrected chi connectivity index (χ2v) is 8.58. The van der Waals surface area contributed by atoms with Gasteiger partial charge in [-0.3, -0.25) is 9.59 Å². The van der Waals surface area contributed by atoms with Crippen molar-refractivity contribution in [1.82, 2.24) is 9.80 Å². The zero-order valence-electron chi connectivity index (χ0n) is 19.5. The molecule has 0 aromatic heterocycles. The fraction of sp³-hybridized carbons (Fsp3) is 0.462. The third-order valence-electron chi connectivity index (χ3n) is 6.07. The molecule has 1 aliphatic rings. The number of piperidine rings is 1. The lowest BCUT2D eigenvalue weighted by molar-refractivity contribution is -0.139. The van der Waals surface area contributed by atoms with E-state index in [1.165, 1.54) is 0 Å². The third kappa shape index (κ3) is 6.02. The summed E-state index contributed by atoms with van der Waals surface area (Å²) in [7, 11) is 1.76. The Morgan fingerprint density at radius 1 is 1.00 bits per heavy atom. The van der Waals surface area contributed by atoms with Crippen LogP contribution in [0.4, 0.5) is 0 Å². The molecule has 6 nitrogen and oxygen atoms in total. The molecule has 2 amide bonds. The van der Waals surface area contributed by atoms with Crippen molar-refractivity contribution < 1.29 is 19.1 Å². The van der Waals surface area contributed by atoms with Crippen molar-refractivity contribution in [3.63, 3.8) is 0 Å². The van der Waals surface area contributed by atoms with Crippen LogP contribution >= 0.6 is 0 Å². The summed E-state index contributed by atoms with van der Waals surface area (Å²) in [5, 5.41) is 0. The first-order valence-electron chi connectivity index (χ1n) is 11.3. The van der Waals surface area contributed by atoms with E-state index < -0.39 is 0 Å². The van der Waals surface area contributed by atoms with Crippen LogP contribution in [0.25, 0.3) is 0 Å². The maximum Gasteiger partial charge on any atom is 0.260 e. The summed E-state index contributed by atoms with van der Waals surface area (Å²) >= 11 is 0. The highest BCUT2D eigenvalue weighted by Gasteiger charge is 2.29. The maximum atomic E-state index is 12.7. The Morgan fingerprint density at radius 2 is 1.66 bits per heavy atom. The van der Waals surface area contributed by atoms with E-state index in [2.05, 4.69) is 13.8 Å². The summed E-state index contributed by atoms with van der Waals surface area (Å²) < 4.78 is 11.5. The number of aryl methyl sites for hydroxylation is 1. The Bertz CT molecular complexity index is 902. The normalized spacial score (nSPS) is 18.2. The van der Waals surface area contributed by atoms with Crippen LogP contribution in [0.3, 0.4) is 0 Å². The van der Waals surface area contributed by atoms with Crippen LogP contribution in [0.15, 0.2) is 48.5 Å². The summed E-state index contributed by atoms with van der Waals surface area (Å²) in [6, 6.07) is 15.3. The Hall–Kier alpha value is -3.02. The van der Waals surface area contributed by atoms with Gasteiger partial charge in [-0.1, -0.05) is 18.2 Å². The Balaban J connectivity index is 1.47. The maximum absolute atomic E-state index is 12.7. The molecule has 1 fully saturated rings. The van der Waals surface area contributed by atoms with Crippen LogP contribution in [-0.4, -0.2) is 60.5 Å². The zero-order valence-corrected chi connectivity index (χ0v) is 19.5. The van der Waals surface area contributed by atoms with Crippen molar-refractivity contribution in [1.29, 1.82) is 0 Å². The van der Waals surface area contributed by atoms with Crippen molar-refractivity contribution >= 4 is 11.8 Å². The molecule has 1 heterocycles. The van der Waals surface area contributed by atoms with Gasteiger partial charge in [0.15, 0.2) is 6.61 Å². The highest BCUT2D eigenvalue weighted by atomic mass is 16.5. The number of para-hydroxylation sites is 1. The minimum absolute atomic E-state index is 0.0120. The number of amides is 2. The van der Waals surface area contributed by atoms with Crippen molar-refractivity contribution in [3.8, 4) is 11.5 Å². The SMILES string of the molecule is Cc1ccccc1OCCN(C)C(=O)c1ccc(OCC(=O)N2C(C)CCCC2C)cc1. The van der Waals surface area contributed by atoms with E-state index in [1.807, 2.05) is 36.1 Å². The highest BCUT2D eigenvalue weighted by molar-refractivity contribution is 5.94. The number of carbonyl (C=O) groups is 2. The molecule has 0 spiro atoms. The predicted octanol–water partition coefficient (Wildman–Crippen LogP) is 4.31. The summed E-state index contributed by atoms with van der Waals surface area (Å²) in [6.45, 7) is 7.09. The van der Waals surface area contributed by atoms with Crippen LogP contribution in [0.2, 0.25) is 0 Å². The van der Waals surface area contributed by atoms with Crippen LogP contribution in [0.1, 0.15) is 49.0 Å². The van der Waals surface area contributed by atoms with Gasteiger partial charge in [-0.2, -0.15) is 0 Å². The number of rotatable bonds is 8. The Kier molecular flexibility index (Phi) is 8.14. The van der Waals surface area contributed by atoms with Gasteiger partial charge in [-0.15, -0.1) is 0 Å². The molecule has 1 aliphatic heterocycles. The molecule has 0 bridgehead atoms. The van der Waals surface area contributed by atoms with Crippen LogP contribution < -0.4 is 9.47 Å². The standard InChI is InChI=1S/C26H34N2O4/c1-19-8-5-6-11-24(19)31-17-16-27(4)26(30)22-12-14-23(15-13-22)32-18-25(29)28-20(2)9-7-10-21(28)3/h5-6,8,11-15,20-21H,7,9-10,16-18H2,1-4H3. The topological polar surface area (TPSA) is 59.1 Å². The number of hydrogen-bond donors (Lipinski definition) is 0. The fourth-order valence-electron chi connectivity index (χ4n) is 4.16. The van der Waals surface area contributed by atoms with E-state index in [9.17, 15) is 9.59 Å². The summed E-state index contributed by atoms with van der Waals surface area (Å²) in [5.41, 5.74) is 1.64. The molecule has 0 aliphatic carbocycles. The summed E-state index contributed by atoms with van der Waals surface area (Å²) in [5.74, 6) is 1.34. The molecule has 0 N–H and O–H groups in total. The van der Waals surface area contributed by atoms with Crippen molar-refractivity contribution in [2.75, 3.05) is 26.8 Å². The minimum atomic E-state index is -0.0861. The quantitative estimate of drug-likeness (QED) is 0.616. The molecule has 1 saturated heterocycles. The van der Waals surface area contributed by atoms with Crippen LogP contribution in [0.5, 0.6) is 11.5 Å². The van der Waals surface area contributed by atoms with Gasteiger partial charge in [0, 0.05) is 24.7 Å². The first-order chi connectivity index (χ1) is 15.4. The number of likely N-dealkylation sites (N-methyl/N-ethyl adjacent to an activating group) is 1. The van der Waals surface area contributed by atoms with E-state index >= 15 is 0 Å². The second kappa shape index (κ2) is 11.0. The number of benzene rings is 2. The van der Waals surface area contributed by atoms with Gasteiger partial charge in [0.05, 0.1) is 6.54 Å². The molecular formula is C26H34N2O4. The molecule has 0 saturated carbocycles. The van der Waals surface area contributed by atoms with Gasteiger partial charge in [0.1, 0.15) is 18.1 Å². The van der Waals surface area contributed by atoms with Crippen molar-refractivity contribution in [3.05, 3.63) is 59.7 Å². The molecule has 172 valence electrons. The molecule has 32 heavy (non-hydrogen) atoms. The van der Waals surface area contributed by atoms with Gasteiger partial charge in [-0.05, 0) is 75.9 Å². The molecular weight excluding hydrogens is 404 g/mol. The fourth-order valence-corrected chi connectivity index (χ4v) is 4.16. The van der Waals surface area contributed by atoms with Gasteiger partial charge >= 0.3 is 0 Å². The molecule has 2 aromatic rings. The predicted molar refractivity (Wildman–Crippen MR) is 125 cm³/mol. The molecule has 2 atom stereocenters. The number of hydrogen-bond acceptors (Lipinski definition) is 4. The molecule has 3 rings (SSSR count). The second-order valence-electron chi connectivity index (χ2n) is 8.58. The smallest absolute Gasteiger partial charge is 0.260 e. The number of carbonyl (C=O) groups excluding carboxylic acids is 2. The van der Waals surface area contributed by atoms with Gasteiger partial charge < -0.3 is 19.3 Å². The van der Waals surface area contributed by atoms with E-state index in [1.54, 1.807) is 36.2 Å². The largest absolute Gasteiger partial charge is 0.491 e. The van der Waals surface area contributed by atoms with E-state index in [-0.39, 0.29) is 30.5 Å². The summed E-state index contributed by atoms with van der Waals surface area (Å²) in [6.07, 6.45) is 3.24. The first-order valence-corrected chi connectivity index (χ1v) is 11.3. The molecule has 6 heteroatoms. The zero-order chi connectivity index (χ0) is 23.1. The number of nitrogens with zero attached hydrogens (tertiary/aromatic N) is 2. The Labute approximate surface area is 191 Å². The van der Waals surface area contributed by atoms with E-state index in [4.69, 9.17) is 9.47 Å². The molecule has 2 aromatic carbocycles. The van der Waals surface area contributed by atoms with Gasteiger partial charge in [-0.25, -0.2) is 0 Å². The summed E-state index contributed by atoms with van der Waals surface area (Å²) in [4.78, 5) is 28.9. The molecule has 2 unspecified atom stereocenters. The van der Waals surface area contributed by atoms with Crippen molar-refractivity contribution in [2.24, 2.45) is 0 Å². The van der Waals surface area contributed by atoms with Gasteiger partial charge in [0.2, 0.25) is 0 Å². The minimum Gasteiger partial charge on any atom is -0.491 e. The average molecular weight is 439 g/mol. The monoisotopic (exact) mass is 438 g/mol. The lowest BCUT2D eigenvalue weighted by Gasteiger charge is -2.38. The average Bonchev–Trinajstić information content (AvgIpc) is 2.78. The van der Waals surface area contributed by atoms with Crippen LogP contribution in [-0.2, 0) is 4.79 Å². The van der Waals surface area contributed by atoms with Gasteiger partial charge in [0.25, 0.3) is 11.8 Å². The first kappa shape index (κ1) is 23.6. The third-order valence-corrected chi connectivity index (χ3v) is 6.07. The van der Waals surface area contributed by atoms with E-state index in [0.717, 1.165) is 30.6 Å². The highest BCUT2D eigenvalue weighted by Crippen LogP contribution is 2.23.